The van der Waals surface area contributed by atoms with Crippen LogP contribution in [0, 0.1) is 0 Å². The van der Waals surface area contributed by atoms with E-state index in [1.54, 1.807) is 42.5 Å². The molecule has 184 valence electrons. The number of nitrogens with one attached hydrogen (secondary N) is 1. The minimum atomic E-state index is -3.97. The Morgan fingerprint density at radius 2 is 1.60 bits per heavy atom. The van der Waals surface area contributed by atoms with Crippen LogP contribution in [0.5, 0.6) is 0 Å². The maximum absolute atomic E-state index is 13.8. The molecule has 0 radical (unpaired) electrons. The van der Waals surface area contributed by atoms with Crippen molar-refractivity contribution in [3.63, 3.8) is 0 Å². The molecular formula is C27H28Cl2N2O3S. The molecule has 0 fully saturated rings. The lowest BCUT2D eigenvalue weighted by atomic mass is 9.87. The molecule has 8 heteroatoms. The molecule has 1 aliphatic heterocycles. The summed E-state index contributed by atoms with van der Waals surface area (Å²) in [6.45, 7) is 6.50. The van der Waals surface area contributed by atoms with Gasteiger partial charge < -0.3 is 5.32 Å². The molecule has 1 atom stereocenters. The van der Waals surface area contributed by atoms with Crippen LogP contribution in [0.3, 0.4) is 0 Å². The van der Waals surface area contributed by atoms with Gasteiger partial charge in [0.25, 0.3) is 10.0 Å². The summed E-state index contributed by atoms with van der Waals surface area (Å²) in [5.41, 5.74) is 3.02. The minimum absolute atomic E-state index is 0.102. The van der Waals surface area contributed by atoms with E-state index in [-0.39, 0.29) is 22.8 Å². The number of rotatable bonds is 6. The average Bonchev–Trinajstić information content (AvgIpc) is 3.21. The number of fused-ring (bicyclic) bond motifs is 1. The van der Waals surface area contributed by atoms with Crippen molar-refractivity contribution in [2.45, 2.75) is 50.0 Å². The first kappa shape index (κ1) is 25.5. The number of carbonyl (C=O) groups is 1. The molecule has 35 heavy (non-hydrogen) atoms. The van der Waals surface area contributed by atoms with Crippen molar-refractivity contribution in [2.75, 3.05) is 10.8 Å². The van der Waals surface area contributed by atoms with Gasteiger partial charge in [0, 0.05) is 23.0 Å². The van der Waals surface area contributed by atoms with Crippen LogP contribution >= 0.6 is 23.2 Å². The highest BCUT2D eigenvalue weighted by Gasteiger charge is 2.42. The molecule has 0 aromatic heterocycles. The summed E-state index contributed by atoms with van der Waals surface area (Å²) in [6.07, 6.45) is 0.735. The fourth-order valence-corrected chi connectivity index (χ4v) is 6.53. The maximum atomic E-state index is 13.8. The number of carbonyl (C=O) groups excluding carboxylic acids is 1. The Morgan fingerprint density at radius 1 is 0.971 bits per heavy atom. The Labute approximate surface area is 217 Å². The van der Waals surface area contributed by atoms with E-state index in [4.69, 9.17) is 23.2 Å². The number of nitrogens with zero attached hydrogens (tertiary/aromatic N) is 1. The number of hydrogen-bond donors (Lipinski definition) is 1. The molecule has 1 heterocycles. The van der Waals surface area contributed by atoms with E-state index in [1.165, 1.54) is 4.31 Å². The number of halogens is 2. The predicted molar refractivity (Wildman–Crippen MR) is 142 cm³/mol. The SMILES string of the molecule is CC(C)(C)c1ccc(S(=O)(=O)N2c3ccccc3C[C@H]2C(=O)NCCc2c(Cl)cccc2Cl)cc1. The Morgan fingerprint density at radius 3 is 2.23 bits per heavy atom. The summed E-state index contributed by atoms with van der Waals surface area (Å²) in [6, 6.07) is 18.5. The summed E-state index contributed by atoms with van der Waals surface area (Å²) in [7, 11) is -3.97. The first-order chi connectivity index (χ1) is 16.5. The third-order valence-corrected chi connectivity index (χ3v) is 8.79. The Bertz CT molecular complexity index is 1330. The molecule has 0 bridgehead atoms. The number of amides is 1. The standard InChI is InChI=1S/C27H28Cl2N2O3S/c1-27(2,3)19-11-13-20(14-12-19)35(33,34)31-24-10-5-4-7-18(24)17-25(31)26(32)30-16-15-21-22(28)8-6-9-23(21)29/h4-14,25H,15-17H2,1-3H3,(H,30,32)/t25-/m0/s1. The van der Waals surface area contributed by atoms with Gasteiger partial charge in [-0.1, -0.05) is 80.4 Å². The van der Waals surface area contributed by atoms with Crippen molar-refractivity contribution in [1.82, 2.24) is 5.32 Å². The molecule has 0 aliphatic carbocycles. The predicted octanol–water partition coefficient (Wildman–Crippen LogP) is 5.77. The van der Waals surface area contributed by atoms with Crippen molar-refractivity contribution >= 4 is 44.8 Å². The van der Waals surface area contributed by atoms with Gasteiger partial charge in [-0.05, 0) is 58.9 Å². The molecular weight excluding hydrogens is 503 g/mol. The van der Waals surface area contributed by atoms with Gasteiger partial charge in [0.15, 0.2) is 0 Å². The fourth-order valence-electron chi connectivity index (χ4n) is 4.29. The van der Waals surface area contributed by atoms with E-state index >= 15 is 0 Å². The summed E-state index contributed by atoms with van der Waals surface area (Å²) in [5, 5.41) is 3.94. The maximum Gasteiger partial charge on any atom is 0.265 e. The van der Waals surface area contributed by atoms with E-state index in [0.717, 1.165) is 16.7 Å². The lowest BCUT2D eigenvalue weighted by molar-refractivity contribution is -0.122. The van der Waals surface area contributed by atoms with Gasteiger partial charge >= 0.3 is 0 Å². The summed E-state index contributed by atoms with van der Waals surface area (Å²) >= 11 is 12.5. The second-order valence-electron chi connectivity index (χ2n) is 9.67. The highest BCUT2D eigenvalue weighted by Crippen LogP contribution is 2.37. The molecule has 0 saturated carbocycles. The van der Waals surface area contributed by atoms with Crippen LogP contribution in [0.15, 0.2) is 71.6 Å². The lowest BCUT2D eigenvalue weighted by Crippen LogP contribution is -2.48. The number of anilines is 1. The van der Waals surface area contributed by atoms with Crippen LogP contribution in [0.2, 0.25) is 10.0 Å². The molecule has 1 N–H and O–H groups in total. The van der Waals surface area contributed by atoms with Gasteiger partial charge in [-0.2, -0.15) is 0 Å². The van der Waals surface area contributed by atoms with Crippen LogP contribution in [-0.4, -0.2) is 26.9 Å². The highest BCUT2D eigenvalue weighted by molar-refractivity contribution is 7.93. The van der Waals surface area contributed by atoms with Gasteiger partial charge in [-0.15, -0.1) is 0 Å². The first-order valence-corrected chi connectivity index (χ1v) is 13.6. The van der Waals surface area contributed by atoms with E-state index in [0.29, 0.717) is 28.6 Å². The van der Waals surface area contributed by atoms with Crippen molar-refractivity contribution < 1.29 is 13.2 Å². The average molecular weight is 532 g/mol. The molecule has 4 rings (SSSR count). The van der Waals surface area contributed by atoms with E-state index in [9.17, 15) is 13.2 Å². The second kappa shape index (κ2) is 9.84. The van der Waals surface area contributed by atoms with Crippen molar-refractivity contribution in [3.05, 3.63) is 93.5 Å². The molecule has 0 unspecified atom stereocenters. The lowest BCUT2D eigenvalue weighted by Gasteiger charge is -2.27. The van der Waals surface area contributed by atoms with Crippen LogP contribution < -0.4 is 9.62 Å². The van der Waals surface area contributed by atoms with Gasteiger partial charge in [0.1, 0.15) is 6.04 Å². The monoisotopic (exact) mass is 530 g/mol. The number of hydrogen-bond acceptors (Lipinski definition) is 3. The van der Waals surface area contributed by atoms with E-state index < -0.39 is 16.1 Å². The fraction of sp³-hybridized carbons (Fsp3) is 0.296. The van der Waals surface area contributed by atoms with Crippen molar-refractivity contribution in [2.24, 2.45) is 0 Å². The first-order valence-electron chi connectivity index (χ1n) is 11.4. The smallest absolute Gasteiger partial charge is 0.265 e. The van der Waals surface area contributed by atoms with Crippen LogP contribution in [0.4, 0.5) is 5.69 Å². The summed E-state index contributed by atoms with van der Waals surface area (Å²) in [5.74, 6) is -0.362. The summed E-state index contributed by atoms with van der Waals surface area (Å²) < 4.78 is 28.8. The zero-order chi connectivity index (χ0) is 25.4. The molecule has 3 aromatic carbocycles. The van der Waals surface area contributed by atoms with E-state index in [2.05, 4.69) is 26.1 Å². The zero-order valence-electron chi connectivity index (χ0n) is 19.9. The molecule has 1 aliphatic rings. The second-order valence-corrected chi connectivity index (χ2v) is 12.3. The molecule has 3 aromatic rings. The van der Waals surface area contributed by atoms with Crippen molar-refractivity contribution in [1.29, 1.82) is 0 Å². The molecule has 0 spiro atoms. The highest BCUT2D eigenvalue weighted by atomic mass is 35.5. The van der Waals surface area contributed by atoms with Crippen LogP contribution in [0.1, 0.15) is 37.5 Å². The zero-order valence-corrected chi connectivity index (χ0v) is 22.2. The van der Waals surface area contributed by atoms with E-state index in [1.807, 2.05) is 24.3 Å². The molecule has 1 amide bonds. The third-order valence-electron chi connectivity index (χ3n) is 6.24. The van der Waals surface area contributed by atoms with Gasteiger partial charge in [-0.25, -0.2) is 8.42 Å². The van der Waals surface area contributed by atoms with Crippen LogP contribution in [-0.2, 0) is 33.1 Å². The number of benzene rings is 3. The quantitative estimate of drug-likeness (QED) is 0.439. The largest absolute Gasteiger partial charge is 0.354 e. The van der Waals surface area contributed by atoms with Gasteiger partial charge in [0.05, 0.1) is 10.6 Å². The van der Waals surface area contributed by atoms with Gasteiger partial charge in [-0.3, -0.25) is 9.10 Å². The normalized spacial score (nSPS) is 15.7. The topological polar surface area (TPSA) is 66.5 Å². The van der Waals surface area contributed by atoms with Crippen molar-refractivity contribution in [3.8, 4) is 0 Å². The minimum Gasteiger partial charge on any atom is -0.354 e. The van der Waals surface area contributed by atoms with Gasteiger partial charge in [0.2, 0.25) is 5.91 Å². The summed E-state index contributed by atoms with van der Waals surface area (Å²) in [4.78, 5) is 13.4. The number of para-hydroxylation sites is 1. The Balaban J connectivity index is 1.59. The third kappa shape index (κ3) is 5.20. The van der Waals surface area contributed by atoms with Crippen LogP contribution in [0.25, 0.3) is 0 Å². The Hall–Kier alpha value is -2.54. The Kier molecular flexibility index (Phi) is 7.18. The molecule has 0 saturated heterocycles. The molecule has 5 nitrogen and oxygen atoms in total. The number of sulfonamides is 1.